The molecule has 0 fully saturated rings. The van der Waals surface area contributed by atoms with Crippen molar-refractivity contribution < 1.29 is 23.8 Å². The zero-order chi connectivity index (χ0) is 29.1. The van der Waals surface area contributed by atoms with E-state index >= 15 is 0 Å². The maximum Gasteiger partial charge on any atom is 0.254 e. The summed E-state index contributed by atoms with van der Waals surface area (Å²) in [5.41, 5.74) is 6.18. The van der Waals surface area contributed by atoms with E-state index in [0.717, 1.165) is 28.1 Å². The number of carbonyl (C=O) groups excluding carboxylic acids is 2. The van der Waals surface area contributed by atoms with Crippen LogP contribution in [0.1, 0.15) is 55.2 Å². The van der Waals surface area contributed by atoms with Crippen LogP contribution in [0.5, 0.6) is 17.2 Å². The number of aryl methyl sites for hydroxylation is 1. The summed E-state index contributed by atoms with van der Waals surface area (Å²) in [5, 5.41) is 6.56. The lowest BCUT2D eigenvalue weighted by Gasteiger charge is -2.37. The molecular formula is C34H36N2O5. The summed E-state index contributed by atoms with van der Waals surface area (Å²) < 4.78 is 16.9. The highest BCUT2D eigenvalue weighted by Crippen LogP contribution is 2.48. The number of amides is 1. The highest BCUT2D eigenvalue weighted by Gasteiger charge is 2.42. The number of hydrogen-bond donors (Lipinski definition) is 2. The van der Waals surface area contributed by atoms with Crippen molar-refractivity contribution in [2.45, 2.75) is 45.4 Å². The molecule has 3 aromatic rings. The summed E-state index contributed by atoms with van der Waals surface area (Å²) in [6.45, 7) is 6.25. The minimum Gasteiger partial charge on any atom is -0.494 e. The van der Waals surface area contributed by atoms with E-state index in [1.54, 1.807) is 14.2 Å². The third-order valence-corrected chi connectivity index (χ3v) is 7.87. The smallest absolute Gasteiger partial charge is 0.254 e. The number of ether oxygens (including phenoxy) is 3. The van der Waals surface area contributed by atoms with Gasteiger partial charge in [-0.3, -0.25) is 9.59 Å². The summed E-state index contributed by atoms with van der Waals surface area (Å²) in [5.74, 6) is 1.07. The molecule has 0 saturated carbocycles. The first kappa shape index (κ1) is 28.0. The predicted octanol–water partition coefficient (Wildman–Crippen LogP) is 6.41. The first-order valence-electron chi connectivity index (χ1n) is 13.9. The molecule has 0 aromatic heterocycles. The van der Waals surface area contributed by atoms with Crippen LogP contribution in [0.3, 0.4) is 0 Å². The maximum atomic E-state index is 14.1. The van der Waals surface area contributed by atoms with E-state index in [1.165, 1.54) is 0 Å². The van der Waals surface area contributed by atoms with Gasteiger partial charge in [0.05, 0.1) is 26.7 Å². The monoisotopic (exact) mass is 552 g/mol. The second-order valence-corrected chi connectivity index (χ2v) is 10.4. The second kappa shape index (κ2) is 11.9. The number of para-hydroxylation sites is 2. The molecule has 1 aliphatic carbocycles. The van der Waals surface area contributed by atoms with Gasteiger partial charge >= 0.3 is 0 Å². The van der Waals surface area contributed by atoms with Crippen LogP contribution in [0.25, 0.3) is 0 Å². The van der Waals surface area contributed by atoms with Crippen molar-refractivity contribution in [3.63, 3.8) is 0 Å². The van der Waals surface area contributed by atoms with Crippen LogP contribution in [-0.4, -0.2) is 32.5 Å². The number of hydrogen-bond acceptors (Lipinski definition) is 6. The Labute approximate surface area is 241 Å². The summed E-state index contributed by atoms with van der Waals surface area (Å²) in [4.78, 5) is 28.1. The lowest BCUT2D eigenvalue weighted by Crippen LogP contribution is -2.37. The highest BCUT2D eigenvalue weighted by atomic mass is 16.5. The van der Waals surface area contributed by atoms with Crippen molar-refractivity contribution in [2.24, 2.45) is 0 Å². The summed E-state index contributed by atoms with van der Waals surface area (Å²) >= 11 is 0. The molecule has 0 saturated heterocycles. The summed E-state index contributed by atoms with van der Waals surface area (Å²) in [6, 6.07) is 21.1. The van der Waals surface area contributed by atoms with E-state index in [2.05, 4.69) is 10.6 Å². The lowest BCUT2D eigenvalue weighted by atomic mass is 9.71. The van der Waals surface area contributed by atoms with Gasteiger partial charge in [-0.05, 0) is 68.5 Å². The van der Waals surface area contributed by atoms with Crippen molar-refractivity contribution in [3.05, 3.63) is 106 Å². The molecule has 7 heteroatoms. The van der Waals surface area contributed by atoms with Gasteiger partial charge in [0.2, 0.25) is 0 Å². The first-order chi connectivity index (χ1) is 19.9. The van der Waals surface area contributed by atoms with Crippen molar-refractivity contribution in [1.29, 1.82) is 0 Å². The van der Waals surface area contributed by atoms with Crippen molar-refractivity contribution >= 4 is 17.4 Å². The molecule has 212 valence electrons. The van der Waals surface area contributed by atoms with Crippen molar-refractivity contribution in [3.8, 4) is 17.2 Å². The molecule has 1 heterocycles. The number of carbonyl (C=O) groups is 2. The molecule has 0 radical (unpaired) electrons. The molecule has 2 N–H and O–H groups in total. The topological polar surface area (TPSA) is 85.9 Å². The fraction of sp³-hybridized carbons (Fsp3) is 0.294. The summed E-state index contributed by atoms with van der Waals surface area (Å²) in [7, 11) is 3.21. The van der Waals surface area contributed by atoms with Gasteiger partial charge in [0.1, 0.15) is 5.75 Å². The van der Waals surface area contributed by atoms with Gasteiger partial charge in [-0.1, -0.05) is 42.5 Å². The Bertz CT molecular complexity index is 1550. The van der Waals surface area contributed by atoms with Gasteiger partial charge in [0.25, 0.3) is 5.91 Å². The molecule has 0 unspecified atom stereocenters. The minimum absolute atomic E-state index is 0.00327. The number of methoxy groups -OCH3 is 2. The number of ketones is 1. The van der Waals surface area contributed by atoms with E-state index in [4.69, 9.17) is 14.2 Å². The largest absolute Gasteiger partial charge is 0.494 e. The van der Waals surface area contributed by atoms with Gasteiger partial charge < -0.3 is 24.8 Å². The molecule has 2 atom stereocenters. The Balaban J connectivity index is 1.59. The molecule has 0 bridgehead atoms. The Morgan fingerprint density at radius 3 is 2.39 bits per heavy atom. The zero-order valence-electron chi connectivity index (χ0n) is 24.2. The molecule has 1 amide bonds. The van der Waals surface area contributed by atoms with Crippen molar-refractivity contribution in [2.75, 3.05) is 26.1 Å². The molecule has 2 aliphatic rings. The Morgan fingerprint density at radius 1 is 0.927 bits per heavy atom. The SMILES string of the molecule is CCOc1ccccc1[C@H]1C(C(=O)Nc2ccccc2C)=C(C)NC2=C1C(=O)C[C@@H](c1ccc(OC)c(OC)c1)C2. The van der Waals surface area contributed by atoms with E-state index in [1.807, 2.05) is 87.5 Å². The normalized spacial score (nSPS) is 18.4. The van der Waals surface area contributed by atoms with E-state index in [-0.39, 0.29) is 17.6 Å². The van der Waals surface area contributed by atoms with Gasteiger partial charge in [-0.25, -0.2) is 0 Å². The standard InChI is InChI=1S/C34H36N2O5/c1-6-41-28-14-10-8-12-24(28)32-31(34(38)36-25-13-9-7-11-20(25)2)21(3)35-26-17-23(18-27(37)33(26)32)22-15-16-29(39-4)30(19-22)40-5/h7-16,19,23,32,35H,6,17-18H2,1-5H3,(H,36,38)/t23-,32-/m0/s1. The maximum absolute atomic E-state index is 14.1. The van der Waals surface area contributed by atoms with Crippen LogP contribution in [-0.2, 0) is 9.59 Å². The third kappa shape index (κ3) is 5.44. The highest BCUT2D eigenvalue weighted by molar-refractivity contribution is 6.10. The molecule has 1 aliphatic heterocycles. The van der Waals surface area contributed by atoms with Crippen LogP contribution in [0.2, 0.25) is 0 Å². The first-order valence-corrected chi connectivity index (χ1v) is 13.9. The van der Waals surface area contributed by atoms with Crippen molar-refractivity contribution in [1.82, 2.24) is 5.32 Å². The lowest BCUT2D eigenvalue weighted by molar-refractivity contribution is -0.116. The number of anilines is 1. The van der Waals surface area contributed by atoms with Crippen LogP contribution in [0, 0.1) is 6.92 Å². The fourth-order valence-electron chi connectivity index (χ4n) is 5.90. The summed E-state index contributed by atoms with van der Waals surface area (Å²) in [6.07, 6.45) is 0.933. The molecule has 41 heavy (non-hydrogen) atoms. The molecule has 7 nitrogen and oxygen atoms in total. The van der Waals surface area contributed by atoms with Crippen LogP contribution in [0.15, 0.2) is 89.3 Å². The van der Waals surface area contributed by atoms with Crippen LogP contribution in [0.4, 0.5) is 5.69 Å². The molecule has 0 spiro atoms. The zero-order valence-corrected chi connectivity index (χ0v) is 24.2. The Morgan fingerprint density at radius 2 is 1.66 bits per heavy atom. The number of allylic oxidation sites excluding steroid dienone is 3. The predicted molar refractivity (Wildman–Crippen MR) is 160 cm³/mol. The second-order valence-electron chi connectivity index (χ2n) is 10.4. The average molecular weight is 553 g/mol. The third-order valence-electron chi connectivity index (χ3n) is 7.87. The molecule has 5 rings (SSSR count). The Kier molecular flexibility index (Phi) is 8.15. The van der Waals surface area contributed by atoms with Gasteiger partial charge in [-0.15, -0.1) is 0 Å². The van der Waals surface area contributed by atoms with Crippen LogP contribution >= 0.6 is 0 Å². The number of dihydropyridines is 1. The van der Waals surface area contributed by atoms with Crippen LogP contribution < -0.4 is 24.8 Å². The van der Waals surface area contributed by atoms with E-state index in [9.17, 15) is 9.59 Å². The quantitative estimate of drug-likeness (QED) is 0.336. The van der Waals surface area contributed by atoms with Gasteiger partial charge in [-0.2, -0.15) is 0 Å². The van der Waals surface area contributed by atoms with Gasteiger partial charge in [0.15, 0.2) is 17.3 Å². The van der Waals surface area contributed by atoms with Gasteiger partial charge in [0, 0.05) is 40.2 Å². The Hall–Kier alpha value is -4.52. The molecule has 3 aromatic carbocycles. The minimum atomic E-state index is -0.572. The number of Topliss-reactive ketones (excluding diaryl/α,β-unsaturated/α-hetero) is 1. The fourth-order valence-corrected chi connectivity index (χ4v) is 5.90. The number of benzene rings is 3. The van der Waals surface area contributed by atoms with E-state index < -0.39 is 5.92 Å². The number of rotatable bonds is 8. The average Bonchev–Trinajstić information content (AvgIpc) is 2.97. The van der Waals surface area contributed by atoms with E-state index in [0.29, 0.717) is 53.5 Å². The molecular weight excluding hydrogens is 516 g/mol. The number of nitrogens with one attached hydrogen (secondary N) is 2.